The first-order valence-electron chi connectivity index (χ1n) is 13.0. The molecule has 2 aromatic rings. The van der Waals surface area contributed by atoms with Gasteiger partial charge in [0, 0.05) is 38.0 Å². The van der Waals surface area contributed by atoms with Gasteiger partial charge < -0.3 is 34.5 Å². The number of hydrogen-bond donors (Lipinski definition) is 3. The van der Waals surface area contributed by atoms with Crippen LogP contribution in [0.25, 0.3) is 0 Å². The largest absolute Gasteiger partial charge is 0.497 e. The minimum Gasteiger partial charge on any atom is -0.497 e. The fraction of sp³-hybridized carbons (Fsp3) is 0.500. The Balaban J connectivity index is 1.27. The molecule has 1 saturated heterocycles. The lowest BCUT2D eigenvalue weighted by Crippen LogP contribution is -2.47. The zero-order valence-electron chi connectivity index (χ0n) is 21.6. The number of β-amino-alcohol motifs (C(OH)–C–C–N with tert-alkyl or cyclic N) is 1. The van der Waals surface area contributed by atoms with Gasteiger partial charge in [-0.1, -0.05) is 6.07 Å². The van der Waals surface area contributed by atoms with E-state index >= 15 is 0 Å². The third kappa shape index (κ3) is 7.67. The number of nitrogens with one attached hydrogen (secondary N) is 1. The number of ether oxygens (including phenoxy) is 4. The predicted octanol–water partition coefficient (Wildman–Crippen LogP) is 1.73. The van der Waals surface area contributed by atoms with E-state index in [0.29, 0.717) is 67.6 Å². The van der Waals surface area contributed by atoms with Gasteiger partial charge in [0.15, 0.2) is 17.3 Å². The third-order valence-corrected chi connectivity index (χ3v) is 6.70. The number of rotatable bonds is 13. The zero-order valence-corrected chi connectivity index (χ0v) is 21.6. The number of methoxy groups -OCH3 is 1. The van der Waals surface area contributed by atoms with Crippen molar-refractivity contribution in [3.8, 4) is 17.2 Å². The molecular formula is C28H36N2O8. The van der Waals surface area contributed by atoms with Crippen LogP contribution in [0.2, 0.25) is 0 Å². The fourth-order valence-corrected chi connectivity index (χ4v) is 4.59. The summed E-state index contributed by atoms with van der Waals surface area (Å²) in [6.07, 6.45) is -0.452. The van der Waals surface area contributed by atoms with Gasteiger partial charge in [0.2, 0.25) is 5.91 Å². The summed E-state index contributed by atoms with van der Waals surface area (Å²) in [5, 5.41) is 24.0. The monoisotopic (exact) mass is 528 g/mol. The number of carbonyl (C=O) groups excluding carboxylic acids is 2. The Morgan fingerprint density at radius 3 is 2.53 bits per heavy atom. The molecule has 2 aliphatic heterocycles. The smallest absolute Gasteiger partial charge is 0.222 e. The molecule has 3 N–H and O–H groups in total. The van der Waals surface area contributed by atoms with E-state index in [1.54, 1.807) is 49.6 Å². The number of ketones is 1. The zero-order chi connectivity index (χ0) is 26.9. The molecule has 0 radical (unpaired) electrons. The Hall–Kier alpha value is -3.18. The van der Waals surface area contributed by atoms with Crippen LogP contribution in [0.5, 0.6) is 17.2 Å². The first-order valence-corrected chi connectivity index (χ1v) is 13.0. The molecule has 38 heavy (non-hydrogen) atoms. The summed E-state index contributed by atoms with van der Waals surface area (Å²) in [7, 11) is 1.57. The molecule has 0 unspecified atom stereocenters. The highest BCUT2D eigenvalue weighted by Crippen LogP contribution is 2.33. The second-order valence-corrected chi connectivity index (χ2v) is 9.49. The average Bonchev–Trinajstić information content (AvgIpc) is 3.36. The van der Waals surface area contributed by atoms with Crippen LogP contribution >= 0.6 is 0 Å². The Morgan fingerprint density at radius 1 is 1.08 bits per heavy atom. The maximum atomic E-state index is 12.7. The van der Waals surface area contributed by atoms with Crippen molar-refractivity contribution >= 4 is 11.7 Å². The standard InChI is InChI=1S/C28H36N2O8/c1-35-22-5-2-19(3-6-22)24(32)9-12-36-13-10-27(33)29-23(18-30-11-8-21(31)17-30)28(34)20-4-7-25-26(16-20)38-15-14-37-25/h2-7,16,21,23,28,31,34H,8-15,17-18H2,1H3,(H,29,33)/t21-,23-,28-/m1/s1. The molecular weight excluding hydrogens is 492 g/mol. The van der Waals surface area contributed by atoms with Crippen LogP contribution < -0.4 is 19.5 Å². The Morgan fingerprint density at radius 2 is 1.82 bits per heavy atom. The molecule has 10 heteroatoms. The van der Waals surface area contributed by atoms with E-state index in [-0.39, 0.29) is 37.7 Å². The quantitative estimate of drug-likeness (QED) is 0.263. The predicted molar refractivity (Wildman–Crippen MR) is 139 cm³/mol. The first kappa shape index (κ1) is 27.8. The van der Waals surface area contributed by atoms with Gasteiger partial charge in [-0.25, -0.2) is 0 Å². The number of Topliss-reactive ketones (excluding diaryl/α,β-unsaturated/α-hetero) is 1. The Kier molecular flexibility index (Phi) is 9.94. The summed E-state index contributed by atoms with van der Waals surface area (Å²) in [6, 6.07) is 11.5. The van der Waals surface area contributed by atoms with E-state index in [9.17, 15) is 19.8 Å². The molecule has 3 atom stereocenters. The minimum absolute atomic E-state index is 0.0486. The SMILES string of the molecule is COc1ccc(C(=O)CCOCCC(=O)N[C@H](CN2CC[C@@H](O)C2)[C@H](O)c2ccc3c(c2)OCCO3)cc1. The van der Waals surface area contributed by atoms with Gasteiger partial charge in [-0.05, 0) is 48.4 Å². The van der Waals surface area contributed by atoms with Gasteiger partial charge in [0.05, 0.1) is 32.5 Å². The fourth-order valence-electron chi connectivity index (χ4n) is 4.59. The van der Waals surface area contributed by atoms with Crippen molar-refractivity contribution in [1.82, 2.24) is 10.2 Å². The second kappa shape index (κ2) is 13.6. The molecule has 2 aromatic carbocycles. The third-order valence-electron chi connectivity index (χ3n) is 6.70. The van der Waals surface area contributed by atoms with Crippen molar-refractivity contribution < 1.29 is 38.7 Å². The van der Waals surface area contributed by atoms with Crippen molar-refractivity contribution in [1.29, 1.82) is 0 Å². The number of amides is 1. The maximum Gasteiger partial charge on any atom is 0.222 e. The van der Waals surface area contributed by atoms with E-state index < -0.39 is 18.2 Å². The van der Waals surface area contributed by atoms with Crippen molar-refractivity contribution in [2.75, 3.05) is 53.2 Å². The number of benzene rings is 2. The van der Waals surface area contributed by atoms with Crippen molar-refractivity contribution in [2.24, 2.45) is 0 Å². The number of likely N-dealkylation sites (tertiary alicyclic amines) is 1. The van der Waals surface area contributed by atoms with Crippen molar-refractivity contribution in [2.45, 2.75) is 37.5 Å². The van der Waals surface area contributed by atoms with Crippen LogP contribution in [0.15, 0.2) is 42.5 Å². The molecule has 0 saturated carbocycles. The molecule has 2 aliphatic rings. The number of fused-ring (bicyclic) bond motifs is 1. The summed E-state index contributed by atoms with van der Waals surface area (Å²) in [5.41, 5.74) is 1.18. The van der Waals surface area contributed by atoms with Gasteiger partial charge in [-0.2, -0.15) is 0 Å². The molecule has 206 valence electrons. The highest BCUT2D eigenvalue weighted by molar-refractivity contribution is 5.96. The number of aliphatic hydroxyl groups is 2. The number of aliphatic hydroxyl groups excluding tert-OH is 2. The first-order chi connectivity index (χ1) is 18.4. The molecule has 2 heterocycles. The molecule has 0 aromatic heterocycles. The molecule has 0 aliphatic carbocycles. The minimum atomic E-state index is -0.990. The van der Waals surface area contributed by atoms with Gasteiger partial charge in [-0.15, -0.1) is 0 Å². The van der Waals surface area contributed by atoms with E-state index in [1.807, 2.05) is 4.90 Å². The topological polar surface area (TPSA) is 127 Å². The van der Waals surface area contributed by atoms with Gasteiger partial charge in [0.25, 0.3) is 0 Å². The lowest BCUT2D eigenvalue weighted by Gasteiger charge is -2.29. The Bertz CT molecular complexity index is 1080. The van der Waals surface area contributed by atoms with Gasteiger partial charge in [0.1, 0.15) is 25.1 Å². The van der Waals surface area contributed by atoms with Crippen molar-refractivity contribution in [3.63, 3.8) is 0 Å². The summed E-state index contributed by atoms with van der Waals surface area (Å²) in [6.45, 7) is 2.82. The van der Waals surface area contributed by atoms with Crippen LogP contribution in [0, 0.1) is 0 Å². The second-order valence-electron chi connectivity index (χ2n) is 9.49. The summed E-state index contributed by atoms with van der Waals surface area (Å²) in [4.78, 5) is 27.1. The van der Waals surface area contributed by atoms with Crippen LogP contribution in [-0.4, -0.2) is 92.1 Å². The van der Waals surface area contributed by atoms with Crippen LogP contribution in [0.4, 0.5) is 0 Å². The number of carbonyl (C=O) groups is 2. The summed E-state index contributed by atoms with van der Waals surface area (Å²) >= 11 is 0. The Labute approximate surface area is 222 Å². The highest BCUT2D eigenvalue weighted by atomic mass is 16.6. The molecule has 4 rings (SSSR count). The molecule has 10 nitrogen and oxygen atoms in total. The van der Waals surface area contributed by atoms with Crippen LogP contribution in [0.1, 0.15) is 41.3 Å². The van der Waals surface area contributed by atoms with Gasteiger partial charge >= 0.3 is 0 Å². The molecule has 1 fully saturated rings. The van der Waals surface area contributed by atoms with E-state index in [1.165, 1.54) is 0 Å². The lowest BCUT2D eigenvalue weighted by atomic mass is 10.0. The number of hydrogen-bond acceptors (Lipinski definition) is 9. The van der Waals surface area contributed by atoms with Crippen molar-refractivity contribution in [3.05, 3.63) is 53.6 Å². The molecule has 0 spiro atoms. The van der Waals surface area contributed by atoms with E-state index in [2.05, 4.69) is 5.32 Å². The summed E-state index contributed by atoms with van der Waals surface area (Å²) in [5.74, 6) is 1.55. The molecule has 1 amide bonds. The van der Waals surface area contributed by atoms with E-state index in [0.717, 1.165) is 0 Å². The maximum absolute atomic E-state index is 12.7. The van der Waals surface area contributed by atoms with Crippen LogP contribution in [-0.2, 0) is 9.53 Å². The number of nitrogens with zero attached hydrogens (tertiary/aromatic N) is 1. The normalized spacial score (nSPS) is 18.6. The van der Waals surface area contributed by atoms with Crippen LogP contribution in [0.3, 0.4) is 0 Å². The molecule has 0 bridgehead atoms. The average molecular weight is 529 g/mol. The summed E-state index contributed by atoms with van der Waals surface area (Å²) < 4.78 is 21.8. The highest BCUT2D eigenvalue weighted by Gasteiger charge is 2.29. The van der Waals surface area contributed by atoms with E-state index in [4.69, 9.17) is 18.9 Å². The lowest BCUT2D eigenvalue weighted by molar-refractivity contribution is -0.124. The van der Waals surface area contributed by atoms with Gasteiger partial charge in [-0.3, -0.25) is 14.5 Å².